The van der Waals surface area contributed by atoms with E-state index in [1.165, 1.54) is 0 Å². The number of nitrogens with zero attached hydrogens (tertiary/aromatic N) is 1. The maximum atomic E-state index is 6.30. The summed E-state index contributed by atoms with van der Waals surface area (Å²) < 4.78 is 5.67. The number of nitrogens with one attached hydrogen (secondary N) is 1. The minimum atomic E-state index is -0.749. The molecule has 2 aliphatic heterocycles. The van der Waals surface area contributed by atoms with Gasteiger partial charge in [-0.1, -0.05) is 13.3 Å². The van der Waals surface area contributed by atoms with Crippen molar-refractivity contribution < 1.29 is 4.74 Å². The molecule has 0 aromatic carbocycles. The van der Waals surface area contributed by atoms with Crippen molar-refractivity contribution in [3.05, 3.63) is 11.5 Å². The predicted octanol–water partition coefficient (Wildman–Crippen LogP) is 0.771. The second kappa shape index (κ2) is 4.33. The highest BCUT2D eigenvalue weighted by Crippen LogP contribution is 2.32. The van der Waals surface area contributed by atoms with Crippen LogP contribution >= 0.6 is 0 Å². The molecule has 0 radical (unpaired) electrons. The number of ether oxygens (including phenoxy) is 1. The van der Waals surface area contributed by atoms with Crippen molar-refractivity contribution in [2.75, 3.05) is 6.61 Å². The van der Waals surface area contributed by atoms with Crippen LogP contribution in [0.5, 0.6) is 0 Å². The van der Waals surface area contributed by atoms with E-state index in [1.54, 1.807) is 0 Å². The summed E-state index contributed by atoms with van der Waals surface area (Å²) in [6, 6.07) is 0. The Labute approximate surface area is 95.9 Å². The first-order valence-electron chi connectivity index (χ1n) is 5.93. The maximum Gasteiger partial charge on any atom is 0.195 e. The molecule has 2 heterocycles. The zero-order chi connectivity index (χ0) is 11.6. The molecule has 0 aromatic rings. The van der Waals surface area contributed by atoms with Gasteiger partial charge in [0.1, 0.15) is 0 Å². The molecule has 0 aromatic heterocycles. The minimum Gasteiger partial charge on any atom is -0.492 e. The predicted molar refractivity (Wildman–Crippen MR) is 63.4 cm³/mol. The summed E-state index contributed by atoms with van der Waals surface area (Å²) >= 11 is 0. The van der Waals surface area contributed by atoms with E-state index in [-0.39, 0.29) is 0 Å². The van der Waals surface area contributed by atoms with Crippen molar-refractivity contribution in [2.24, 2.45) is 16.5 Å². The molecule has 5 heteroatoms. The summed E-state index contributed by atoms with van der Waals surface area (Å²) in [5, 5.41) is 3.05. The lowest BCUT2D eigenvalue weighted by molar-refractivity contribution is 0.132. The molecule has 1 atom stereocenters. The van der Waals surface area contributed by atoms with Crippen LogP contribution in [0.4, 0.5) is 0 Å². The number of guanidine groups is 1. The largest absolute Gasteiger partial charge is 0.492 e. The van der Waals surface area contributed by atoms with Crippen LogP contribution in [0.25, 0.3) is 0 Å². The van der Waals surface area contributed by atoms with Crippen molar-refractivity contribution in [3.63, 3.8) is 0 Å². The summed E-state index contributed by atoms with van der Waals surface area (Å²) in [4.78, 5) is 4.31. The topological polar surface area (TPSA) is 85.7 Å². The highest BCUT2D eigenvalue weighted by atomic mass is 16.5. The fourth-order valence-electron chi connectivity index (χ4n) is 2.19. The molecule has 5 N–H and O–H groups in total. The Morgan fingerprint density at radius 2 is 2.38 bits per heavy atom. The summed E-state index contributed by atoms with van der Waals surface area (Å²) in [6.07, 6.45) is 4.84. The fraction of sp³-hybridized carbons (Fsp3) is 0.727. The van der Waals surface area contributed by atoms with Gasteiger partial charge in [0.05, 0.1) is 12.3 Å². The van der Waals surface area contributed by atoms with E-state index in [0.29, 0.717) is 5.96 Å². The average molecular weight is 224 g/mol. The molecule has 1 unspecified atom stereocenters. The van der Waals surface area contributed by atoms with Crippen LogP contribution < -0.4 is 16.8 Å². The Morgan fingerprint density at radius 3 is 3.12 bits per heavy atom. The zero-order valence-corrected chi connectivity index (χ0v) is 9.75. The van der Waals surface area contributed by atoms with Crippen LogP contribution in [0.3, 0.4) is 0 Å². The molecule has 0 aliphatic carbocycles. The third-order valence-electron chi connectivity index (χ3n) is 3.00. The first-order valence-corrected chi connectivity index (χ1v) is 5.93. The molecule has 0 saturated heterocycles. The molecule has 2 aliphatic rings. The molecule has 0 amide bonds. The number of rotatable bonds is 3. The summed E-state index contributed by atoms with van der Waals surface area (Å²) in [7, 11) is 0. The third kappa shape index (κ3) is 2.00. The molecule has 90 valence electrons. The van der Waals surface area contributed by atoms with Gasteiger partial charge in [-0.2, -0.15) is 0 Å². The zero-order valence-electron chi connectivity index (χ0n) is 9.75. The highest BCUT2D eigenvalue weighted by Gasteiger charge is 2.38. The lowest BCUT2D eigenvalue weighted by Crippen LogP contribution is -2.51. The van der Waals surface area contributed by atoms with E-state index in [4.69, 9.17) is 16.2 Å². The fourth-order valence-corrected chi connectivity index (χ4v) is 2.19. The quantitative estimate of drug-likeness (QED) is 0.661. The van der Waals surface area contributed by atoms with Gasteiger partial charge in [0.25, 0.3) is 0 Å². The first-order chi connectivity index (χ1) is 7.65. The molecule has 2 rings (SSSR count). The van der Waals surface area contributed by atoms with Crippen LogP contribution in [0.1, 0.15) is 39.0 Å². The monoisotopic (exact) mass is 224 g/mol. The summed E-state index contributed by atoms with van der Waals surface area (Å²) in [5.74, 6) is 1.20. The second-order valence-corrected chi connectivity index (χ2v) is 4.41. The molecule has 0 fully saturated rings. The van der Waals surface area contributed by atoms with Gasteiger partial charge in [-0.05, 0) is 25.7 Å². The van der Waals surface area contributed by atoms with Gasteiger partial charge < -0.3 is 21.5 Å². The van der Waals surface area contributed by atoms with E-state index in [0.717, 1.165) is 50.2 Å². The lowest BCUT2D eigenvalue weighted by atomic mass is 9.96. The van der Waals surface area contributed by atoms with Gasteiger partial charge in [-0.25, -0.2) is 4.99 Å². The summed E-state index contributed by atoms with van der Waals surface area (Å²) in [5.41, 5.74) is 12.3. The lowest BCUT2D eigenvalue weighted by Gasteiger charge is -2.36. The van der Waals surface area contributed by atoms with Gasteiger partial charge in [0, 0.05) is 0 Å². The second-order valence-electron chi connectivity index (χ2n) is 4.41. The molecular weight excluding hydrogens is 204 g/mol. The summed E-state index contributed by atoms with van der Waals surface area (Å²) in [6.45, 7) is 2.86. The number of aliphatic imine (C=N–C) groups is 1. The van der Waals surface area contributed by atoms with Gasteiger partial charge in [-0.3, -0.25) is 0 Å². The molecule has 0 spiro atoms. The van der Waals surface area contributed by atoms with Crippen molar-refractivity contribution in [2.45, 2.75) is 44.7 Å². The smallest absolute Gasteiger partial charge is 0.195 e. The van der Waals surface area contributed by atoms with Crippen LogP contribution in [-0.4, -0.2) is 18.2 Å². The third-order valence-corrected chi connectivity index (χ3v) is 3.00. The van der Waals surface area contributed by atoms with Crippen molar-refractivity contribution in [1.82, 2.24) is 5.32 Å². The molecule has 16 heavy (non-hydrogen) atoms. The van der Waals surface area contributed by atoms with Gasteiger partial charge >= 0.3 is 0 Å². The maximum absolute atomic E-state index is 6.30. The van der Waals surface area contributed by atoms with E-state index in [1.807, 2.05) is 0 Å². The van der Waals surface area contributed by atoms with Crippen LogP contribution in [0, 0.1) is 0 Å². The van der Waals surface area contributed by atoms with Crippen LogP contribution in [0.15, 0.2) is 16.4 Å². The van der Waals surface area contributed by atoms with Gasteiger partial charge in [-0.15, -0.1) is 0 Å². The number of unbranched alkanes of at least 4 members (excludes halogenated alkanes) is 1. The van der Waals surface area contributed by atoms with Crippen molar-refractivity contribution >= 4 is 5.96 Å². The molecule has 0 saturated carbocycles. The highest BCUT2D eigenvalue weighted by molar-refractivity contribution is 5.81. The van der Waals surface area contributed by atoms with Crippen molar-refractivity contribution in [3.8, 4) is 0 Å². The number of nitrogens with two attached hydrogens (primary N) is 2. The normalized spacial score (nSPS) is 29.0. The first kappa shape index (κ1) is 11.3. The molecular formula is C11H20N4O. The average Bonchev–Trinajstić information content (AvgIpc) is 2.26. The van der Waals surface area contributed by atoms with E-state index in [2.05, 4.69) is 17.2 Å². The number of hydrogen-bond acceptors (Lipinski definition) is 5. The number of allylic oxidation sites excluding steroid dienone is 1. The minimum absolute atomic E-state index is 0.405. The Morgan fingerprint density at radius 1 is 1.56 bits per heavy atom. The number of hydrogen-bond donors (Lipinski definition) is 3. The Balaban J connectivity index is 2.25. The SMILES string of the molecule is CCCCC1(N)N=C(N)NC2=C1OCCC2. The Kier molecular flexibility index (Phi) is 3.05. The van der Waals surface area contributed by atoms with Gasteiger partial charge in [0.2, 0.25) is 0 Å². The van der Waals surface area contributed by atoms with Gasteiger partial charge in [0.15, 0.2) is 17.4 Å². The molecule has 0 bridgehead atoms. The van der Waals surface area contributed by atoms with E-state index in [9.17, 15) is 0 Å². The standard InChI is InChI=1S/C11H20N4O/c1-2-3-6-11(13)9-8(5-4-7-16-9)14-10(12)15-11/h2-7,13H2,1H3,(H3,12,14,15). The van der Waals surface area contributed by atoms with E-state index < -0.39 is 5.66 Å². The Hall–Kier alpha value is -1.23. The van der Waals surface area contributed by atoms with Crippen LogP contribution in [-0.2, 0) is 4.74 Å². The molecule has 5 nitrogen and oxygen atoms in total. The van der Waals surface area contributed by atoms with E-state index >= 15 is 0 Å². The van der Waals surface area contributed by atoms with Crippen LogP contribution in [0.2, 0.25) is 0 Å². The Bertz CT molecular complexity index is 337. The van der Waals surface area contributed by atoms with Crippen molar-refractivity contribution in [1.29, 1.82) is 0 Å².